The third-order valence-electron chi connectivity index (χ3n) is 3.26. The minimum Gasteiger partial charge on any atom is -0.390 e. The monoisotopic (exact) mass is 297 g/mol. The van der Waals surface area contributed by atoms with Gasteiger partial charge in [-0.1, -0.05) is 48.5 Å². The highest BCUT2D eigenvalue weighted by atomic mass is 32.2. The predicted molar refractivity (Wildman–Crippen MR) is 88.9 cm³/mol. The van der Waals surface area contributed by atoms with Crippen molar-refractivity contribution in [1.82, 2.24) is 0 Å². The molecule has 0 fully saturated rings. The van der Waals surface area contributed by atoms with E-state index in [0.717, 1.165) is 10.5 Å². The molecule has 0 spiro atoms. The normalized spacial score (nSPS) is 14.9. The first-order valence-electron chi connectivity index (χ1n) is 6.86. The Morgan fingerprint density at radius 3 is 2.19 bits per heavy atom. The average molecular weight is 297 g/mol. The molecule has 3 atom stereocenters. The fraction of sp³-hybridized carbons (Fsp3) is 0.222. The summed E-state index contributed by atoms with van der Waals surface area (Å²) in [5.41, 5.74) is 7.35. The van der Waals surface area contributed by atoms with E-state index in [1.54, 1.807) is 11.8 Å². The zero-order valence-electron chi connectivity index (χ0n) is 11.7. The summed E-state index contributed by atoms with van der Waals surface area (Å²) < 4.78 is 0. The van der Waals surface area contributed by atoms with Crippen LogP contribution in [-0.4, -0.2) is 17.3 Å². The number of aliphatic hydroxyl groups is 1. The van der Waals surface area contributed by atoms with E-state index in [1.165, 1.54) is 0 Å². The van der Waals surface area contributed by atoms with E-state index in [9.17, 15) is 5.11 Å². The van der Waals surface area contributed by atoms with Crippen molar-refractivity contribution in [2.24, 2.45) is 5.73 Å². The number of terminal acetylenes is 1. The maximum Gasteiger partial charge on any atom is 0.0814 e. The maximum atomic E-state index is 10.1. The summed E-state index contributed by atoms with van der Waals surface area (Å²) in [5.74, 6) is 2.48. The molecule has 0 aliphatic carbocycles. The minimum atomic E-state index is -0.712. The number of rotatable bonds is 6. The second kappa shape index (κ2) is 7.90. The Bertz CT molecular complexity index is 579. The van der Waals surface area contributed by atoms with Crippen LogP contribution >= 0.6 is 11.8 Å². The molecule has 0 aliphatic rings. The van der Waals surface area contributed by atoms with Crippen LogP contribution in [0.2, 0.25) is 0 Å². The zero-order valence-corrected chi connectivity index (χ0v) is 12.5. The summed E-state index contributed by atoms with van der Waals surface area (Å²) in [6.07, 6.45) is 4.84. The van der Waals surface area contributed by atoms with E-state index in [-0.39, 0.29) is 11.7 Å². The van der Waals surface area contributed by atoms with Crippen LogP contribution in [0.1, 0.15) is 17.2 Å². The van der Waals surface area contributed by atoms with Gasteiger partial charge < -0.3 is 10.8 Å². The Balaban J connectivity index is 2.25. The lowest BCUT2D eigenvalue weighted by Gasteiger charge is -2.27. The molecule has 0 unspecified atom stereocenters. The molecule has 2 rings (SSSR count). The van der Waals surface area contributed by atoms with Crippen LogP contribution in [0.5, 0.6) is 0 Å². The van der Waals surface area contributed by atoms with E-state index in [2.05, 4.69) is 5.92 Å². The maximum absolute atomic E-state index is 10.1. The first-order valence-corrected chi connectivity index (χ1v) is 7.74. The molecule has 0 aliphatic heterocycles. The standard InChI is InChI=1S/C18H19NOS/c1-2-9-16(20)17(19)18(14-10-5-3-6-11-14)21-15-12-7-4-8-13-15/h1,3-8,10-13,16-18,20H,9,19H2/t16-,17+,18-/m0/s1. The lowest BCUT2D eigenvalue weighted by molar-refractivity contribution is 0.148. The second-order valence-electron chi connectivity index (χ2n) is 4.82. The van der Waals surface area contributed by atoms with Gasteiger partial charge in [0.1, 0.15) is 0 Å². The highest BCUT2D eigenvalue weighted by molar-refractivity contribution is 7.99. The number of thioether (sulfide) groups is 1. The molecule has 0 amide bonds. The van der Waals surface area contributed by atoms with Gasteiger partial charge in [0.2, 0.25) is 0 Å². The van der Waals surface area contributed by atoms with Gasteiger partial charge in [-0.25, -0.2) is 0 Å². The van der Waals surface area contributed by atoms with Gasteiger partial charge in [0.25, 0.3) is 0 Å². The third kappa shape index (κ3) is 4.37. The fourth-order valence-corrected chi connectivity index (χ4v) is 3.36. The van der Waals surface area contributed by atoms with Crippen LogP contribution in [0.4, 0.5) is 0 Å². The molecular weight excluding hydrogens is 278 g/mol. The van der Waals surface area contributed by atoms with Crippen LogP contribution in [-0.2, 0) is 0 Å². The summed E-state index contributed by atoms with van der Waals surface area (Å²) in [4.78, 5) is 1.12. The summed E-state index contributed by atoms with van der Waals surface area (Å²) in [6, 6.07) is 19.6. The Kier molecular flexibility index (Phi) is 5.89. The Morgan fingerprint density at radius 2 is 1.62 bits per heavy atom. The quantitative estimate of drug-likeness (QED) is 0.635. The number of aliphatic hydroxyl groups excluding tert-OH is 1. The van der Waals surface area contributed by atoms with Gasteiger partial charge in [-0.2, -0.15) is 0 Å². The van der Waals surface area contributed by atoms with Crippen molar-refractivity contribution in [2.45, 2.75) is 28.7 Å². The molecule has 0 saturated carbocycles. The highest BCUT2D eigenvalue weighted by Gasteiger charge is 2.26. The molecule has 0 aromatic heterocycles. The van der Waals surface area contributed by atoms with Crippen LogP contribution in [0.25, 0.3) is 0 Å². The molecule has 3 N–H and O–H groups in total. The zero-order chi connectivity index (χ0) is 15.1. The van der Waals surface area contributed by atoms with E-state index >= 15 is 0 Å². The summed E-state index contributed by atoms with van der Waals surface area (Å²) >= 11 is 1.65. The third-order valence-corrected chi connectivity index (χ3v) is 4.64. The van der Waals surface area contributed by atoms with Gasteiger partial charge in [0.05, 0.1) is 11.4 Å². The van der Waals surface area contributed by atoms with Gasteiger partial charge in [-0.3, -0.25) is 0 Å². The molecule has 0 saturated heterocycles. The van der Waals surface area contributed by atoms with E-state index in [0.29, 0.717) is 0 Å². The average Bonchev–Trinajstić information content (AvgIpc) is 2.54. The van der Waals surface area contributed by atoms with Gasteiger partial charge in [-0.15, -0.1) is 24.1 Å². The van der Waals surface area contributed by atoms with Crippen molar-refractivity contribution in [3.63, 3.8) is 0 Å². The molecule has 21 heavy (non-hydrogen) atoms. The molecule has 0 radical (unpaired) electrons. The minimum absolute atomic E-state index is 0.0445. The van der Waals surface area contributed by atoms with Crippen molar-refractivity contribution >= 4 is 11.8 Å². The summed E-state index contributed by atoms with van der Waals surface area (Å²) in [7, 11) is 0. The first kappa shape index (κ1) is 15.7. The van der Waals surface area contributed by atoms with Gasteiger partial charge >= 0.3 is 0 Å². The molecule has 108 valence electrons. The smallest absolute Gasteiger partial charge is 0.0814 e. The first-order chi connectivity index (χ1) is 10.2. The second-order valence-corrected chi connectivity index (χ2v) is 6.03. The molecule has 0 bridgehead atoms. The van der Waals surface area contributed by atoms with Crippen molar-refractivity contribution in [3.05, 3.63) is 66.2 Å². The molecule has 0 heterocycles. The summed E-state index contributed by atoms with van der Waals surface area (Å²) in [5, 5.41) is 10.1. The number of hydrogen-bond donors (Lipinski definition) is 2. The van der Waals surface area contributed by atoms with Crippen molar-refractivity contribution < 1.29 is 5.11 Å². The molecule has 2 aromatic rings. The van der Waals surface area contributed by atoms with Crippen LogP contribution < -0.4 is 5.73 Å². The number of hydrogen-bond acceptors (Lipinski definition) is 3. The van der Waals surface area contributed by atoms with Crippen LogP contribution in [0.3, 0.4) is 0 Å². The van der Waals surface area contributed by atoms with E-state index in [4.69, 9.17) is 12.2 Å². The van der Waals surface area contributed by atoms with Gasteiger partial charge in [0, 0.05) is 17.4 Å². The lowest BCUT2D eigenvalue weighted by atomic mass is 10.00. The van der Waals surface area contributed by atoms with Gasteiger partial charge in [0.15, 0.2) is 0 Å². The lowest BCUT2D eigenvalue weighted by Crippen LogP contribution is -2.38. The summed E-state index contributed by atoms with van der Waals surface area (Å²) in [6.45, 7) is 0. The fourth-order valence-electron chi connectivity index (χ4n) is 2.12. The Hall–Kier alpha value is -1.73. The van der Waals surface area contributed by atoms with Crippen molar-refractivity contribution in [2.75, 3.05) is 0 Å². The van der Waals surface area contributed by atoms with Gasteiger partial charge in [-0.05, 0) is 17.7 Å². The molecule has 2 aromatic carbocycles. The molecule has 2 nitrogen and oxygen atoms in total. The molecular formula is C18H19NOS. The van der Waals surface area contributed by atoms with E-state index < -0.39 is 12.1 Å². The van der Waals surface area contributed by atoms with E-state index in [1.807, 2.05) is 60.7 Å². The van der Waals surface area contributed by atoms with Crippen LogP contribution in [0.15, 0.2) is 65.6 Å². The highest BCUT2D eigenvalue weighted by Crippen LogP contribution is 2.38. The SMILES string of the molecule is C#CC[C@H](O)[C@@H](N)[C@@H](Sc1ccccc1)c1ccccc1. The van der Waals surface area contributed by atoms with Crippen molar-refractivity contribution in [1.29, 1.82) is 0 Å². The van der Waals surface area contributed by atoms with Crippen LogP contribution in [0, 0.1) is 12.3 Å². The Labute approximate surface area is 130 Å². The number of benzene rings is 2. The largest absolute Gasteiger partial charge is 0.390 e. The topological polar surface area (TPSA) is 46.2 Å². The predicted octanol–water partition coefficient (Wildman–Crippen LogP) is 3.23. The number of nitrogens with two attached hydrogens (primary N) is 1. The Morgan fingerprint density at radius 1 is 1.05 bits per heavy atom. The molecule has 3 heteroatoms. The van der Waals surface area contributed by atoms with Crippen molar-refractivity contribution in [3.8, 4) is 12.3 Å².